The summed E-state index contributed by atoms with van der Waals surface area (Å²) >= 11 is 0. The van der Waals surface area contributed by atoms with E-state index in [0.29, 0.717) is 25.4 Å². The number of nitrogens with zero attached hydrogens (tertiary/aromatic N) is 1. The Kier molecular flexibility index (Phi) is 6.24. The minimum atomic E-state index is -0.551. The van der Waals surface area contributed by atoms with E-state index in [1.807, 2.05) is 6.92 Å². The van der Waals surface area contributed by atoms with Gasteiger partial charge in [-0.05, 0) is 26.0 Å². The van der Waals surface area contributed by atoms with Gasteiger partial charge in [0, 0.05) is 25.9 Å². The van der Waals surface area contributed by atoms with E-state index in [4.69, 9.17) is 15.2 Å². The lowest BCUT2D eigenvalue weighted by molar-refractivity contribution is 0.0527. The molecule has 0 aromatic heterocycles. The second kappa shape index (κ2) is 7.69. The summed E-state index contributed by atoms with van der Waals surface area (Å²) in [6.45, 7) is 5.43. The SMILES string of the molecule is CCOCCN(C)c1cc(C(=O)OCC)c(N)cc1F. The summed E-state index contributed by atoms with van der Waals surface area (Å²) in [5.74, 6) is -1.03. The van der Waals surface area contributed by atoms with Crippen molar-refractivity contribution in [2.24, 2.45) is 0 Å². The second-order valence-corrected chi connectivity index (χ2v) is 4.23. The zero-order valence-electron chi connectivity index (χ0n) is 12.1. The minimum absolute atomic E-state index is 0.0721. The average molecular weight is 284 g/mol. The topological polar surface area (TPSA) is 64.8 Å². The third-order valence-electron chi connectivity index (χ3n) is 2.80. The standard InChI is InChI=1S/C14H21FN2O3/c1-4-19-7-6-17(3)13-8-10(14(18)20-5-2)12(16)9-11(13)15/h8-9H,4-7,16H2,1-3H3. The Morgan fingerprint density at radius 1 is 1.35 bits per heavy atom. The molecule has 0 saturated heterocycles. The first-order chi connectivity index (χ1) is 9.51. The average Bonchev–Trinajstić information content (AvgIpc) is 2.39. The first-order valence-electron chi connectivity index (χ1n) is 6.56. The highest BCUT2D eigenvalue weighted by molar-refractivity contribution is 5.96. The van der Waals surface area contributed by atoms with Crippen molar-refractivity contribution in [2.75, 3.05) is 44.0 Å². The highest BCUT2D eigenvalue weighted by Crippen LogP contribution is 2.25. The molecule has 0 heterocycles. The zero-order chi connectivity index (χ0) is 15.1. The molecule has 0 unspecified atom stereocenters. The molecule has 112 valence electrons. The molecule has 6 heteroatoms. The van der Waals surface area contributed by atoms with Crippen LogP contribution in [0.25, 0.3) is 0 Å². The maximum Gasteiger partial charge on any atom is 0.340 e. The van der Waals surface area contributed by atoms with Gasteiger partial charge in [0.25, 0.3) is 0 Å². The number of esters is 1. The van der Waals surface area contributed by atoms with Gasteiger partial charge in [0.05, 0.1) is 24.5 Å². The number of nitrogens with two attached hydrogens (primary N) is 1. The lowest BCUT2D eigenvalue weighted by Crippen LogP contribution is -2.24. The fourth-order valence-corrected chi connectivity index (χ4v) is 1.72. The van der Waals surface area contributed by atoms with Crippen molar-refractivity contribution in [3.05, 3.63) is 23.5 Å². The van der Waals surface area contributed by atoms with Crippen molar-refractivity contribution < 1.29 is 18.7 Å². The fraction of sp³-hybridized carbons (Fsp3) is 0.500. The van der Waals surface area contributed by atoms with Crippen LogP contribution in [0, 0.1) is 5.82 Å². The number of anilines is 2. The molecule has 1 rings (SSSR count). The van der Waals surface area contributed by atoms with E-state index in [1.54, 1.807) is 18.9 Å². The highest BCUT2D eigenvalue weighted by Gasteiger charge is 2.17. The van der Waals surface area contributed by atoms with Gasteiger partial charge < -0.3 is 20.1 Å². The number of halogens is 1. The summed E-state index contributed by atoms with van der Waals surface area (Å²) in [7, 11) is 1.72. The van der Waals surface area contributed by atoms with Crippen LogP contribution < -0.4 is 10.6 Å². The maximum atomic E-state index is 13.9. The van der Waals surface area contributed by atoms with Gasteiger partial charge in [0.15, 0.2) is 0 Å². The number of ether oxygens (including phenoxy) is 2. The molecule has 20 heavy (non-hydrogen) atoms. The van der Waals surface area contributed by atoms with E-state index in [1.165, 1.54) is 6.07 Å². The predicted octanol–water partition coefficient (Wildman–Crippen LogP) is 2.06. The molecule has 0 saturated carbocycles. The van der Waals surface area contributed by atoms with Crippen molar-refractivity contribution in [3.8, 4) is 0 Å². The van der Waals surface area contributed by atoms with Crippen LogP contribution in [0.2, 0.25) is 0 Å². The number of hydrogen-bond acceptors (Lipinski definition) is 5. The van der Waals surface area contributed by atoms with E-state index in [9.17, 15) is 9.18 Å². The monoisotopic (exact) mass is 284 g/mol. The number of rotatable bonds is 7. The molecule has 0 aliphatic carbocycles. The predicted molar refractivity (Wildman–Crippen MR) is 76.5 cm³/mol. The summed E-state index contributed by atoms with van der Waals surface area (Å²) in [4.78, 5) is 13.4. The highest BCUT2D eigenvalue weighted by atomic mass is 19.1. The first-order valence-corrected chi connectivity index (χ1v) is 6.56. The van der Waals surface area contributed by atoms with Crippen LogP contribution in [0.5, 0.6) is 0 Å². The Hall–Kier alpha value is -1.82. The van der Waals surface area contributed by atoms with Crippen LogP contribution in [0.3, 0.4) is 0 Å². The third kappa shape index (κ3) is 4.09. The molecule has 0 bridgehead atoms. The van der Waals surface area contributed by atoms with Crippen molar-refractivity contribution in [1.82, 2.24) is 0 Å². The van der Waals surface area contributed by atoms with Gasteiger partial charge in [-0.2, -0.15) is 0 Å². The van der Waals surface area contributed by atoms with E-state index in [-0.39, 0.29) is 17.9 Å². The maximum absolute atomic E-state index is 13.9. The normalized spacial score (nSPS) is 10.4. The molecule has 0 aliphatic heterocycles. The van der Waals surface area contributed by atoms with Gasteiger partial charge in [0.1, 0.15) is 5.82 Å². The Balaban J connectivity index is 2.95. The number of nitrogen functional groups attached to an aromatic ring is 1. The summed E-state index contributed by atoms with van der Waals surface area (Å²) in [5.41, 5.74) is 6.20. The van der Waals surface area contributed by atoms with Gasteiger partial charge in [-0.1, -0.05) is 0 Å². The number of carbonyl (C=O) groups excluding carboxylic acids is 1. The second-order valence-electron chi connectivity index (χ2n) is 4.23. The summed E-state index contributed by atoms with van der Waals surface area (Å²) in [6.07, 6.45) is 0. The zero-order valence-corrected chi connectivity index (χ0v) is 12.1. The fourth-order valence-electron chi connectivity index (χ4n) is 1.72. The lowest BCUT2D eigenvalue weighted by atomic mass is 10.1. The van der Waals surface area contributed by atoms with E-state index in [0.717, 1.165) is 6.07 Å². The third-order valence-corrected chi connectivity index (χ3v) is 2.80. The molecule has 0 spiro atoms. The number of benzene rings is 1. The Labute approximate surface area is 118 Å². The molecule has 2 N–H and O–H groups in total. The molecular formula is C14H21FN2O3. The van der Waals surface area contributed by atoms with E-state index < -0.39 is 11.8 Å². The molecule has 0 atom stereocenters. The molecule has 5 nitrogen and oxygen atoms in total. The molecule has 0 amide bonds. The first kappa shape index (κ1) is 16.2. The van der Waals surface area contributed by atoms with E-state index in [2.05, 4.69) is 0 Å². The van der Waals surface area contributed by atoms with Gasteiger partial charge in [-0.15, -0.1) is 0 Å². The van der Waals surface area contributed by atoms with Crippen molar-refractivity contribution >= 4 is 17.3 Å². The molecule has 0 radical (unpaired) electrons. The minimum Gasteiger partial charge on any atom is -0.462 e. The molecule has 1 aromatic carbocycles. The van der Waals surface area contributed by atoms with Crippen LogP contribution in [0.4, 0.5) is 15.8 Å². The summed E-state index contributed by atoms with van der Waals surface area (Å²) in [5, 5.41) is 0. The largest absolute Gasteiger partial charge is 0.462 e. The van der Waals surface area contributed by atoms with Crippen LogP contribution in [0.15, 0.2) is 12.1 Å². The van der Waals surface area contributed by atoms with Crippen LogP contribution in [-0.2, 0) is 9.47 Å². The van der Waals surface area contributed by atoms with Crippen LogP contribution in [0.1, 0.15) is 24.2 Å². The van der Waals surface area contributed by atoms with Gasteiger partial charge >= 0.3 is 5.97 Å². The van der Waals surface area contributed by atoms with Crippen molar-refractivity contribution in [1.29, 1.82) is 0 Å². The Bertz CT molecular complexity index is 466. The smallest absolute Gasteiger partial charge is 0.340 e. The summed E-state index contributed by atoms with van der Waals surface area (Å²) < 4.78 is 24.0. The van der Waals surface area contributed by atoms with Gasteiger partial charge in [0.2, 0.25) is 0 Å². The van der Waals surface area contributed by atoms with Crippen molar-refractivity contribution in [2.45, 2.75) is 13.8 Å². The van der Waals surface area contributed by atoms with Crippen LogP contribution >= 0.6 is 0 Å². The molecule has 1 aromatic rings. The van der Waals surface area contributed by atoms with Crippen molar-refractivity contribution in [3.63, 3.8) is 0 Å². The van der Waals surface area contributed by atoms with Gasteiger partial charge in [-0.3, -0.25) is 0 Å². The number of hydrogen-bond donors (Lipinski definition) is 1. The van der Waals surface area contributed by atoms with E-state index >= 15 is 0 Å². The summed E-state index contributed by atoms with van der Waals surface area (Å²) in [6, 6.07) is 2.55. The molecule has 0 fully saturated rings. The van der Waals surface area contributed by atoms with Crippen LogP contribution in [-0.4, -0.2) is 39.4 Å². The Morgan fingerprint density at radius 2 is 2.05 bits per heavy atom. The molecule has 0 aliphatic rings. The quantitative estimate of drug-likeness (QED) is 0.471. The lowest BCUT2D eigenvalue weighted by Gasteiger charge is -2.21. The molecular weight excluding hydrogens is 263 g/mol. The Morgan fingerprint density at radius 3 is 2.65 bits per heavy atom. The number of likely N-dealkylation sites (N-methyl/N-ethyl adjacent to an activating group) is 1. The van der Waals surface area contributed by atoms with Gasteiger partial charge in [-0.25, -0.2) is 9.18 Å². The number of carbonyl (C=O) groups is 1.